The molecule has 0 saturated carbocycles. The van der Waals surface area contributed by atoms with E-state index >= 15 is 0 Å². The van der Waals surface area contributed by atoms with E-state index in [9.17, 15) is 5.11 Å². The SMILES string of the molecule is CC(C)NCC(C)(O)CN(C)Cc1cccs1. The zero-order chi connectivity index (χ0) is 12.9. The topological polar surface area (TPSA) is 35.5 Å². The molecule has 1 atom stereocenters. The molecule has 1 rings (SSSR count). The van der Waals surface area contributed by atoms with Crippen molar-refractivity contribution >= 4 is 11.3 Å². The van der Waals surface area contributed by atoms with Crippen LogP contribution in [0.4, 0.5) is 0 Å². The van der Waals surface area contributed by atoms with Crippen molar-refractivity contribution in [1.29, 1.82) is 0 Å². The van der Waals surface area contributed by atoms with Crippen LogP contribution in [-0.4, -0.2) is 41.8 Å². The minimum absolute atomic E-state index is 0.407. The van der Waals surface area contributed by atoms with E-state index in [2.05, 4.69) is 41.6 Å². The van der Waals surface area contributed by atoms with E-state index in [0.717, 1.165) is 6.54 Å². The lowest BCUT2D eigenvalue weighted by molar-refractivity contribution is 0.0242. The molecular weight excluding hydrogens is 232 g/mol. The molecule has 2 N–H and O–H groups in total. The fourth-order valence-electron chi connectivity index (χ4n) is 1.79. The number of aliphatic hydroxyl groups is 1. The van der Waals surface area contributed by atoms with Crippen LogP contribution in [0.25, 0.3) is 0 Å². The van der Waals surface area contributed by atoms with Crippen molar-refractivity contribution in [2.24, 2.45) is 0 Å². The molecule has 1 aromatic heterocycles. The quantitative estimate of drug-likeness (QED) is 0.782. The molecule has 0 spiro atoms. The third-order valence-corrected chi connectivity index (χ3v) is 3.37. The molecule has 0 amide bonds. The van der Waals surface area contributed by atoms with Crippen molar-refractivity contribution in [3.05, 3.63) is 22.4 Å². The molecule has 0 bridgehead atoms. The highest BCUT2D eigenvalue weighted by molar-refractivity contribution is 7.09. The zero-order valence-electron chi connectivity index (χ0n) is 11.2. The summed E-state index contributed by atoms with van der Waals surface area (Å²) < 4.78 is 0. The van der Waals surface area contributed by atoms with Gasteiger partial charge >= 0.3 is 0 Å². The van der Waals surface area contributed by atoms with Crippen molar-refractivity contribution < 1.29 is 5.11 Å². The molecular formula is C13H24N2OS. The Bertz CT molecular complexity index is 309. The van der Waals surface area contributed by atoms with Crippen LogP contribution < -0.4 is 5.32 Å². The average Bonchev–Trinajstić information content (AvgIpc) is 2.66. The van der Waals surface area contributed by atoms with Crippen molar-refractivity contribution in [2.75, 3.05) is 20.1 Å². The summed E-state index contributed by atoms with van der Waals surface area (Å²) in [6.45, 7) is 8.25. The molecule has 0 aromatic carbocycles. The molecule has 4 heteroatoms. The maximum absolute atomic E-state index is 10.3. The second kappa shape index (κ2) is 6.50. The van der Waals surface area contributed by atoms with Gasteiger partial charge in [0.05, 0.1) is 5.60 Å². The Morgan fingerprint density at radius 2 is 2.24 bits per heavy atom. The number of nitrogens with zero attached hydrogens (tertiary/aromatic N) is 1. The van der Waals surface area contributed by atoms with E-state index in [1.807, 2.05) is 14.0 Å². The maximum atomic E-state index is 10.3. The van der Waals surface area contributed by atoms with Crippen LogP contribution >= 0.6 is 11.3 Å². The van der Waals surface area contributed by atoms with Crippen molar-refractivity contribution in [1.82, 2.24) is 10.2 Å². The normalized spacial score (nSPS) is 15.5. The van der Waals surface area contributed by atoms with E-state index in [1.165, 1.54) is 4.88 Å². The van der Waals surface area contributed by atoms with Gasteiger partial charge in [0, 0.05) is 30.6 Å². The van der Waals surface area contributed by atoms with E-state index in [1.54, 1.807) is 11.3 Å². The molecule has 1 aromatic rings. The second-order valence-electron chi connectivity index (χ2n) is 5.28. The van der Waals surface area contributed by atoms with Gasteiger partial charge in [-0.1, -0.05) is 19.9 Å². The van der Waals surface area contributed by atoms with Crippen LogP contribution in [-0.2, 0) is 6.54 Å². The first kappa shape index (κ1) is 14.6. The number of hydrogen-bond acceptors (Lipinski definition) is 4. The number of rotatable bonds is 7. The molecule has 0 aliphatic rings. The largest absolute Gasteiger partial charge is 0.388 e. The van der Waals surface area contributed by atoms with Crippen LogP contribution in [0, 0.1) is 0 Å². The predicted molar refractivity (Wildman–Crippen MR) is 74.4 cm³/mol. The minimum atomic E-state index is -0.684. The van der Waals surface area contributed by atoms with Crippen LogP contribution in [0.3, 0.4) is 0 Å². The van der Waals surface area contributed by atoms with Crippen molar-refractivity contribution in [3.63, 3.8) is 0 Å². The van der Waals surface area contributed by atoms with Crippen molar-refractivity contribution in [3.8, 4) is 0 Å². The number of hydrogen-bond donors (Lipinski definition) is 2. The Hall–Kier alpha value is -0.420. The molecule has 0 radical (unpaired) electrons. The van der Waals surface area contributed by atoms with Gasteiger partial charge in [-0.3, -0.25) is 4.90 Å². The lowest BCUT2D eigenvalue weighted by Crippen LogP contribution is -2.47. The van der Waals surface area contributed by atoms with E-state index in [0.29, 0.717) is 19.1 Å². The highest BCUT2D eigenvalue weighted by Gasteiger charge is 2.22. The van der Waals surface area contributed by atoms with Gasteiger partial charge in [-0.15, -0.1) is 11.3 Å². The van der Waals surface area contributed by atoms with Gasteiger partial charge < -0.3 is 10.4 Å². The van der Waals surface area contributed by atoms with Gasteiger partial charge in [0.25, 0.3) is 0 Å². The third kappa shape index (κ3) is 6.17. The summed E-state index contributed by atoms with van der Waals surface area (Å²) in [5.74, 6) is 0. The first-order valence-corrected chi connectivity index (χ1v) is 6.94. The fraction of sp³-hybridized carbons (Fsp3) is 0.692. The standard InChI is InChI=1S/C13H24N2OS/c1-11(2)14-9-13(3,16)10-15(4)8-12-6-5-7-17-12/h5-7,11,14,16H,8-10H2,1-4H3. The summed E-state index contributed by atoms with van der Waals surface area (Å²) in [5.41, 5.74) is -0.684. The first-order chi connectivity index (χ1) is 7.89. The Morgan fingerprint density at radius 1 is 1.53 bits per heavy atom. The lowest BCUT2D eigenvalue weighted by Gasteiger charge is -2.30. The van der Waals surface area contributed by atoms with Crippen molar-refractivity contribution in [2.45, 2.75) is 39.0 Å². The fourth-order valence-corrected chi connectivity index (χ4v) is 2.57. The second-order valence-corrected chi connectivity index (χ2v) is 6.32. The smallest absolute Gasteiger partial charge is 0.0869 e. The Labute approximate surface area is 108 Å². The Kier molecular flexibility index (Phi) is 5.59. The summed E-state index contributed by atoms with van der Waals surface area (Å²) in [6.07, 6.45) is 0. The summed E-state index contributed by atoms with van der Waals surface area (Å²) in [5, 5.41) is 15.6. The van der Waals surface area contributed by atoms with E-state index in [4.69, 9.17) is 0 Å². The molecule has 1 unspecified atom stereocenters. The molecule has 0 aliphatic carbocycles. The van der Waals surface area contributed by atoms with Crippen LogP contribution in [0.2, 0.25) is 0 Å². The van der Waals surface area contributed by atoms with E-state index in [-0.39, 0.29) is 0 Å². The highest BCUT2D eigenvalue weighted by atomic mass is 32.1. The molecule has 3 nitrogen and oxygen atoms in total. The van der Waals surface area contributed by atoms with Gasteiger partial charge in [-0.2, -0.15) is 0 Å². The molecule has 0 aliphatic heterocycles. The third-order valence-electron chi connectivity index (χ3n) is 2.51. The Balaban J connectivity index is 2.35. The van der Waals surface area contributed by atoms with Gasteiger partial charge in [0.15, 0.2) is 0 Å². The number of thiophene rings is 1. The van der Waals surface area contributed by atoms with Crippen LogP contribution in [0.1, 0.15) is 25.6 Å². The van der Waals surface area contributed by atoms with Crippen LogP contribution in [0.5, 0.6) is 0 Å². The minimum Gasteiger partial charge on any atom is -0.388 e. The number of likely N-dealkylation sites (N-methyl/N-ethyl adjacent to an activating group) is 1. The highest BCUT2D eigenvalue weighted by Crippen LogP contribution is 2.13. The summed E-state index contributed by atoms with van der Waals surface area (Å²) in [7, 11) is 2.05. The summed E-state index contributed by atoms with van der Waals surface area (Å²) >= 11 is 1.76. The van der Waals surface area contributed by atoms with Gasteiger partial charge in [0.2, 0.25) is 0 Å². The molecule has 98 valence electrons. The van der Waals surface area contributed by atoms with E-state index < -0.39 is 5.60 Å². The summed E-state index contributed by atoms with van der Waals surface area (Å²) in [4.78, 5) is 3.49. The van der Waals surface area contributed by atoms with Gasteiger partial charge in [0.1, 0.15) is 0 Å². The predicted octanol–water partition coefficient (Wildman–Crippen LogP) is 1.93. The maximum Gasteiger partial charge on any atom is 0.0869 e. The molecule has 0 fully saturated rings. The van der Waals surface area contributed by atoms with Gasteiger partial charge in [-0.05, 0) is 25.4 Å². The molecule has 0 saturated heterocycles. The van der Waals surface area contributed by atoms with Gasteiger partial charge in [-0.25, -0.2) is 0 Å². The molecule has 1 heterocycles. The lowest BCUT2D eigenvalue weighted by atomic mass is 10.1. The average molecular weight is 256 g/mol. The summed E-state index contributed by atoms with van der Waals surface area (Å²) in [6, 6.07) is 4.60. The zero-order valence-corrected chi connectivity index (χ0v) is 12.0. The van der Waals surface area contributed by atoms with Crippen LogP contribution in [0.15, 0.2) is 17.5 Å². The monoisotopic (exact) mass is 256 g/mol. The Morgan fingerprint density at radius 3 is 2.76 bits per heavy atom. The molecule has 17 heavy (non-hydrogen) atoms. The first-order valence-electron chi connectivity index (χ1n) is 6.06. The number of nitrogens with one attached hydrogen (secondary N) is 1.